The summed E-state index contributed by atoms with van der Waals surface area (Å²) in [7, 11) is 0. The number of carbonyl (C=O) groups is 1. The second kappa shape index (κ2) is 9.75. The van der Waals surface area contributed by atoms with Crippen LogP contribution in [0.25, 0.3) is 6.08 Å². The van der Waals surface area contributed by atoms with Crippen molar-refractivity contribution in [3.8, 4) is 11.5 Å². The van der Waals surface area contributed by atoms with Gasteiger partial charge in [0.25, 0.3) is 5.91 Å². The van der Waals surface area contributed by atoms with Crippen LogP contribution in [0.4, 0.5) is 0 Å². The minimum absolute atomic E-state index is 0.148. The molecule has 3 rings (SSSR count). The minimum Gasteiger partial charge on any atom is -0.490 e. The van der Waals surface area contributed by atoms with Crippen LogP contribution in [0.2, 0.25) is 0 Å². The maximum atomic E-state index is 11.7. The number of hydrogen-bond donors (Lipinski definition) is 1. The number of amides is 1. The van der Waals surface area contributed by atoms with Gasteiger partial charge in [0.1, 0.15) is 29.0 Å². The monoisotopic (exact) mass is 413 g/mol. The van der Waals surface area contributed by atoms with E-state index in [4.69, 9.17) is 21.7 Å². The molecule has 0 aliphatic carbocycles. The molecule has 1 atom stereocenters. The van der Waals surface area contributed by atoms with Crippen LogP contribution >= 0.6 is 24.0 Å². The first-order valence-electron chi connectivity index (χ1n) is 9.26. The summed E-state index contributed by atoms with van der Waals surface area (Å²) in [6.45, 7) is 5.32. The van der Waals surface area contributed by atoms with Crippen molar-refractivity contribution in [3.05, 3.63) is 64.6 Å². The summed E-state index contributed by atoms with van der Waals surface area (Å²) < 4.78 is 12.2. The van der Waals surface area contributed by atoms with E-state index in [0.717, 1.165) is 23.5 Å². The van der Waals surface area contributed by atoms with E-state index in [1.54, 1.807) is 0 Å². The first kappa shape index (κ1) is 20.4. The standard InChI is InChI=1S/C22H23NO3S2/c1-3-15(2)18-6-4-5-7-19(18)26-13-12-25-17-10-8-16(9-11-17)14-20-21(24)23-22(27)28-20/h4-11,14-15H,3,12-13H2,1-2H3,(H,23,24,27)/b20-14+/t15-/m0/s1. The molecule has 1 N–H and O–H groups in total. The van der Waals surface area contributed by atoms with Gasteiger partial charge in [-0.1, -0.05) is 68.2 Å². The molecule has 1 fully saturated rings. The lowest BCUT2D eigenvalue weighted by Crippen LogP contribution is -2.17. The molecule has 1 saturated heterocycles. The highest BCUT2D eigenvalue weighted by atomic mass is 32.2. The van der Waals surface area contributed by atoms with Crippen LogP contribution in [-0.4, -0.2) is 23.4 Å². The van der Waals surface area contributed by atoms with Gasteiger partial charge in [0.05, 0.1) is 4.91 Å². The molecule has 0 unspecified atom stereocenters. The molecule has 2 aromatic rings. The molecule has 28 heavy (non-hydrogen) atoms. The first-order chi connectivity index (χ1) is 13.6. The predicted octanol–water partition coefficient (Wildman–Crippen LogP) is 5.15. The van der Waals surface area contributed by atoms with Crippen molar-refractivity contribution >= 4 is 40.3 Å². The van der Waals surface area contributed by atoms with Crippen molar-refractivity contribution in [1.29, 1.82) is 0 Å². The smallest absolute Gasteiger partial charge is 0.263 e. The number of rotatable bonds is 8. The molecule has 1 amide bonds. The summed E-state index contributed by atoms with van der Waals surface area (Å²) >= 11 is 6.27. The van der Waals surface area contributed by atoms with Gasteiger partial charge in [0, 0.05) is 0 Å². The van der Waals surface area contributed by atoms with Crippen molar-refractivity contribution in [3.63, 3.8) is 0 Å². The summed E-state index contributed by atoms with van der Waals surface area (Å²) in [6, 6.07) is 15.8. The number of ether oxygens (including phenoxy) is 2. The molecular weight excluding hydrogens is 390 g/mol. The van der Waals surface area contributed by atoms with Gasteiger partial charge >= 0.3 is 0 Å². The van der Waals surface area contributed by atoms with Crippen molar-refractivity contribution in [1.82, 2.24) is 5.32 Å². The van der Waals surface area contributed by atoms with Crippen LogP contribution in [0.15, 0.2) is 53.4 Å². The SMILES string of the molecule is CC[C@H](C)c1ccccc1OCCOc1ccc(/C=C2/SC(=S)NC2=O)cc1. The second-order valence-electron chi connectivity index (χ2n) is 6.47. The van der Waals surface area contributed by atoms with Crippen LogP contribution in [-0.2, 0) is 4.79 Å². The number of carbonyl (C=O) groups excluding carboxylic acids is 1. The lowest BCUT2D eigenvalue weighted by atomic mass is 9.98. The molecule has 1 aliphatic rings. The molecule has 146 valence electrons. The Kier molecular flexibility index (Phi) is 7.12. The number of hydrogen-bond acceptors (Lipinski definition) is 5. The third-order valence-corrected chi connectivity index (χ3v) is 5.65. The second-order valence-corrected chi connectivity index (χ2v) is 8.18. The van der Waals surface area contributed by atoms with Gasteiger partial charge in [0.2, 0.25) is 0 Å². The number of thioether (sulfide) groups is 1. The minimum atomic E-state index is -0.148. The number of benzene rings is 2. The van der Waals surface area contributed by atoms with Crippen LogP contribution in [0.3, 0.4) is 0 Å². The highest BCUT2D eigenvalue weighted by Crippen LogP contribution is 2.28. The van der Waals surface area contributed by atoms with E-state index in [9.17, 15) is 4.79 Å². The Morgan fingerprint density at radius 1 is 1.11 bits per heavy atom. The Hall–Kier alpha value is -2.31. The molecule has 6 heteroatoms. The number of nitrogens with one attached hydrogen (secondary N) is 1. The van der Waals surface area contributed by atoms with Crippen molar-refractivity contribution in [2.75, 3.05) is 13.2 Å². The topological polar surface area (TPSA) is 47.6 Å². The zero-order valence-corrected chi connectivity index (χ0v) is 17.6. The number of para-hydroxylation sites is 1. The van der Waals surface area contributed by atoms with Crippen LogP contribution < -0.4 is 14.8 Å². The van der Waals surface area contributed by atoms with E-state index in [-0.39, 0.29) is 5.91 Å². The fraction of sp³-hybridized carbons (Fsp3) is 0.273. The maximum absolute atomic E-state index is 11.7. The molecular formula is C22H23NO3S2. The van der Waals surface area contributed by atoms with Gasteiger partial charge in [-0.2, -0.15) is 0 Å². The maximum Gasteiger partial charge on any atom is 0.263 e. The predicted molar refractivity (Wildman–Crippen MR) is 119 cm³/mol. The molecule has 0 aromatic heterocycles. The largest absolute Gasteiger partial charge is 0.490 e. The Morgan fingerprint density at radius 3 is 2.50 bits per heavy atom. The van der Waals surface area contributed by atoms with Crippen LogP contribution in [0, 0.1) is 0 Å². The highest BCUT2D eigenvalue weighted by Gasteiger charge is 2.21. The quantitative estimate of drug-likeness (QED) is 0.369. The van der Waals surface area contributed by atoms with Gasteiger partial charge in [-0.15, -0.1) is 0 Å². The van der Waals surface area contributed by atoms with Crippen LogP contribution in [0.1, 0.15) is 37.3 Å². The number of thiocarbonyl (C=S) groups is 1. The third-order valence-electron chi connectivity index (χ3n) is 4.49. The van der Waals surface area contributed by atoms with E-state index in [1.165, 1.54) is 17.3 Å². The van der Waals surface area contributed by atoms with Gasteiger partial charge in [-0.05, 0) is 47.7 Å². The van der Waals surface area contributed by atoms with E-state index in [0.29, 0.717) is 28.4 Å². The summed E-state index contributed by atoms with van der Waals surface area (Å²) in [4.78, 5) is 12.3. The normalized spacial score (nSPS) is 16.1. The summed E-state index contributed by atoms with van der Waals surface area (Å²) in [5.41, 5.74) is 2.16. The van der Waals surface area contributed by atoms with E-state index >= 15 is 0 Å². The lowest BCUT2D eigenvalue weighted by molar-refractivity contribution is -0.115. The fourth-order valence-electron chi connectivity index (χ4n) is 2.78. The van der Waals surface area contributed by atoms with Gasteiger partial charge in [-0.25, -0.2) is 0 Å². The van der Waals surface area contributed by atoms with Gasteiger partial charge < -0.3 is 14.8 Å². The summed E-state index contributed by atoms with van der Waals surface area (Å²) in [5, 5.41) is 2.61. The molecule has 4 nitrogen and oxygen atoms in total. The van der Waals surface area contributed by atoms with Gasteiger partial charge in [0.15, 0.2) is 0 Å². The molecule has 1 aliphatic heterocycles. The zero-order valence-electron chi connectivity index (χ0n) is 15.9. The Morgan fingerprint density at radius 2 is 1.82 bits per heavy atom. The molecule has 0 spiro atoms. The average Bonchev–Trinajstić information content (AvgIpc) is 3.03. The van der Waals surface area contributed by atoms with Crippen molar-refractivity contribution in [2.45, 2.75) is 26.2 Å². The molecule has 0 radical (unpaired) electrons. The Balaban J connectivity index is 1.50. The van der Waals surface area contributed by atoms with E-state index in [2.05, 4.69) is 25.2 Å². The fourth-order valence-corrected chi connectivity index (χ4v) is 3.83. The van der Waals surface area contributed by atoms with Gasteiger partial charge in [-0.3, -0.25) is 4.79 Å². The van der Waals surface area contributed by atoms with E-state index in [1.807, 2.05) is 48.5 Å². The Bertz CT molecular complexity index is 878. The summed E-state index contributed by atoms with van der Waals surface area (Å²) in [6.07, 6.45) is 2.89. The summed E-state index contributed by atoms with van der Waals surface area (Å²) in [5.74, 6) is 2.01. The molecule has 0 bridgehead atoms. The average molecular weight is 414 g/mol. The Labute approximate surface area is 175 Å². The molecule has 1 heterocycles. The zero-order chi connectivity index (χ0) is 19.9. The molecule has 2 aromatic carbocycles. The van der Waals surface area contributed by atoms with Crippen LogP contribution in [0.5, 0.6) is 11.5 Å². The highest BCUT2D eigenvalue weighted by molar-refractivity contribution is 8.26. The van der Waals surface area contributed by atoms with E-state index < -0.39 is 0 Å². The van der Waals surface area contributed by atoms with Crippen molar-refractivity contribution in [2.24, 2.45) is 0 Å². The molecule has 0 saturated carbocycles. The lowest BCUT2D eigenvalue weighted by Gasteiger charge is -2.15. The first-order valence-corrected chi connectivity index (χ1v) is 10.5. The third kappa shape index (κ3) is 5.36. The van der Waals surface area contributed by atoms with Crippen molar-refractivity contribution < 1.29 is 14.3 Å².